The first-order valence-corrected chi connectivity index (χ1v) is 34.6. The van der Waals surface area contributed by atoms with E-state index in [0.717, 1.165) is 6.07 Å². The molecule has 2 fully saturated rings. The van der Waals surface area contributed by atoms with E-state index < -0.39 is 138 Å². The number of carbonyl (C=O) groups is 8. The van der Waals surface area contributed by atoms with Gasteiger partial charge in [-0.1, -0.05) is 18.2 Å². The van der Waals surface area contributed by atoms with Crippen molar-refractivity contribution in [2.75, 3.05) is 127 Å². The minimum absolute atomic E-state index is 0.0108. The average molecular weight is 1460 g/mol. The summed E-state index contributed by atoms with van der Waals surface area (Å²) < 4.78 is 102. The molecule has 0 aliphatic carbocycles. The van der Waals surface area contributed by atoms with Crippen molar-refractivity contribution in [2.45, 2.75) is 67.3 Å². The zero-order valence-electron chi connectivity index (χ0n) is 55.2. The molecule has 1 unspecified atom stereocenters. The maximum atomic E-state index is 14.4. The molecule has 0 radical (unpaired) electrons. The number of likely N-dealkylation sites (tertiary alicyclic amines) is 1. The molecule has 6 aromatic rings. The Morgan fingerprint density at radius 3 is 1.78 bits per heavy atom. The molecular formula is C65H76F2N14O19S2. The molecule has 2 aliphatic heterocycles. The van der Waals surface area contributed by atoms with E-state index in [1.165, 1.54) is 36.5 Å². The third kappa shape index (κ3) is 21.1. The first-order chi connectivity index (χ1) is 48.2. The number of hydrogen-bond acceptors (Lipinski definition) is 23. The number of phenols is 1. The number of halogens is 2. The summed E-state index contributed by atoms with van der Waals surface area (Å²) >= 11 is 0. The Labute approximate surface area is 583 Å². The minimum Gasteiger partial charge on any atom is -0.505 e. The maximum absolute atomic E-state index is 14.4. The summed E-state index contributed by atoms with van der Waals surface area (Å²) in [5.74, 6) is -10.7. The van der Waals surface area contributed by atoms with Crippen molar-refractivity contribution in [1.82, 2.24) is 45.4 Å². The van der Waals surface area contributed by atoms with Crippen LogP contribution < -0.4 is 42.6 Å². The molecule has 0 bridgehead atoms. The largest absolute Gasteiger partial charge is 0.505 e. The minimum atomic E-state index is -5.14. The highest BCUT2D eigenvalue weighted by atomic mass is 32.2. The summed E-state index contributed by atoms with van der Waals surface area (Å²) in [5, 5.41) is 59.6. The van der Waals surface area contributed by atoms with Gasteiger partial charge in [-0.15, -0.1) is 0 Å². The second kappa shape index (κ2) is 33.8. The molecule has 3 heterocycles. The molecule has 37 heteroatoms. The number of hydrogen-bond donors (Lipinski definition) is 13. The van der Waals surface area contributed by atoms with Gasteiger partial charge in [0, 0.05) is 88.0 Å². The zero-order valence-corrected chi connectivity index (χ0v) is 56.8. The number of nitrogens with two attached hydrogens (primary N) is 1. The number of alkyl halides is 2. The lowest BCUT2D eigenvalue weighted by molar-refractivity contribution is -0.140. The fourth-order valence-electron chi connectivity index (χ4n) is 11.7. The fraction of sp³-hybridized carbons (Fsp3) is 0.385. The molecule has 14 N–H and O–H groups in total. The number of anilines is 4. The van der Waals surface area contributed by atoms with Gasteiger partial charge in [0.05, 0.1) is 78.9 Å². The lowest BCUT2D eigenvalue weighted by atomic mass is 10.00. The van der Waals surface area contributed by atoms with E-state index in [1.807, 2.05) is 6.07 Å². The van der Waals surface area contributed by atoms with Crippen molar-refractivity contribution >= 4 is 112 Å². The maximum Gasteiger partial charge on any atom is 0.317 e. The summed E-state index contributed by atoms with van der Waals surface area (Å²) in [7, 11) is -10.2. The topological polar surface area (TPSA) is 487 Å². The number of nitriles is 1. The molecule has 2 aliphatic rings. The van der Waals surface area contributed by atoms with E-state index in [0.29, 0.717) is 56.5 Å². The number of hydrazine groups is 1. The van der Waals surface area contributed by atoms with Gasteiger partial charge in [-0.2, -0.15) is 22.1 Å². The highest BCUT2D eigenvalue weighted by Crippen LogP contribution is 2.43. The van der Waals surface area contributed by atoms with E-state index in [-0.39, 0.29) is 126 Å². The van der Waals surface area contributed by atoms with Gasteiger partial charge >= 0.3 is 17.9 Å². The molecule has 546 valence electrons. The van der Waals surface area contributed by atoms with Crippen LogP contribution in [0.3, 0.4) is 0 Å². The number of rotatable bonds is 28. The molecule has 5 amide bonds. The molecule has 0 spiro atoms. The van der Waals surface area contributed by atoms with Crippen LogP contribution in [0.15, 0.2) is 94.9 Å². The average Bonchev–Trinajstić information content (AvgIpc) is 0.807. The lowest BCUT2D eigenvalue weighted by Crippen LogP contribution is -2.49. The van der Waals surface area contributed by atoms with Gasteiger partial charge in [-0.25, -0.2) is 8.78 Å². The molecular weight excluding hydrogens is 1380 g/mol. The number of aromatic hydroxyl groups is 1. The van der Waals surface area contributed by atoms with Crippen LogP contribution in [0.2, 0.25) is 0 Å². The smallest absolute Gasteiger partial charge is 0.317 e. The number of aromatic nitrogens is 1. The zero-order chi connectivity index (χ0) is 74.4. The molecule has 2 atom stereocenters. The Morgan fingerprint density at radius 2 is 1.24 bits per heavy atom. The number of nitrogens with zero attached hydrogens (tertiary/aromatic N) is 7. The third-order valence-corrected chi connectivity index (χ3v) is 18.7. The molecule has 2 saturated heterocycles. The summed E-state index contributed by atoms with van der Waals surface area (Å²) in [4.78, 5) is 113. The Kier molecular flexibility index (Phi) is 25.6. The number of pyridine rings is 1. The van der Waals surface area contributed by atoms with E-state index in [9.17, 15) is 98.8 Å². The Balaban J connectivity index is 0.937. The summed E-state index contributed by atoms with van der Waals surface area (Å²) in [6, 6.07) is 18.1. The number of aliphatic carboxylic acids is 3. The highest BCUT2D eigenvalue weighted by molar-refractivity contribution is 7.87. The van der Waals surface area contributed by atoms with Gasteiger partial charge in [0.1, 0.15) is 33.4 Å². The summed E-state index contributed by atoms with van der Waals surface area (Å²) in [5.41, 5.74) is 14.7. The second-order valence-corrected chi connectivity index (χ2v) is 27.2. The van der Waals surface area contributed by atoms with Crippen LogP contribution in [0.1, 0.15) is 47.2 Å². The molecule has 102 heavy (non-hydrogen) atoms. The quantitative estimate of drug-likeness (QED) is 0.0110. The normalized spacial score (nSPS) is 16.2. The molecule has 33 nitrogen and oxygen atoms in total. The van der Waals surface area contributed by atoms with Gasteiger partial charge in [-0.05, 0) is 116 Å². The number of phenolic OH excluding ortho intramolecular Hbond substituents is 1. The Morgan fingerprint density at radius 1 is 0.686 bits per heavy atom. The molecule has 0 saturated carbocycles. The predicted molar refractivity (Wildman–Crippen MR) is 365 cm³/mol. The number of amides is 5. The number of carbonyl (C=O) groups excluding carboxylic acids is 5. The molecule has 8 rings (SSSR count). The SMILES string of the molecule is Cc1cc(-c2ccc(NC(=O)C(CCCCNC(=O)CN3CCN(CC(=O)O)CCN(CC(=O)O)CCN(CC(=O)O)CC3)NC(=O)COc3ccc4nccc(C(=O)NCC(=O)N5CC(F)(F)C[C@H]5C#N)c4c3)c(C)c2)ccc1NNc1ccc2c(S(=O)(=O)O)cc(S(=O)(=O)O)c(N)c2c1O. The summed E-state index contributed by atoms with van der Waals surface area (Å²) in [6.07, 6.45) is 1.09. The number of unbranched alkanes of at least 4 members (excludes halogenated alkanes) is 1. The number of fused-ring (bicyclic) bond motifs is 2. The number of nitrogen functional groups attached to an aromatic ring is 1. The van der Waals surface area contributed by atoms with Crippen LogP contribution >= 0.6 is 0 Å². The van der Waals surface area contributed by atoms with Gasteiger partial charge in [0.25, 0.3) is 38.0 Å². The van der Waals surface area contributed by atoms with Crippen molar-refractivity contribution in [3.8, 4) is 28.7 Å². The third-order valence-electron chi connectivity index (χ3n) is 16.9. The number of carboxylic acid groups (broad SMARTS) is 3. The first-order valence-electron chi connectivity index (χ1n) is 31.7. The fourth-order valence-corrected chi connectivity index (χ4v) is 13.1. The van der Waals surface area contributed by atoms with Crippen LogP contribution in [-0.4, -0.2) is 246 Å². The van der Waals surface area contributed by atoms with Crippen LogP contribution in [0, 0.1) is 25.2 Å². The highest BCUT2D eigenvalue weighted by Gasteiger charge is 2.47. The molecule has 5 aromatic carbocycles. The molecule has 1 aromatic heterocycles. The van der Waals surface area contributed by atoms with Crippen molar-refractivity contribution in [3.63, 3.8) is 0 Å². The number of aryl methyl sites for hydroxylation is 2. The Hall–Kier alpha value is -10.5. The van der Waals surface area contributed by atoms with E-state index in [2.05, 4.69) is 37.1 Å². The monoisotopic (exact) mass is 1460 g/mol. The van der Waals surface area contributed by atoms with Crippen molar-refractivity contribution in [1.29, 1.82) is 5.26 Å². The summed E-state index contributed by atoms with van der Waals surface area (Å²) in [6.45, 7) is 1.63. The number of ether oxygens (including phenoxy) is 1. The van der Waals surface area contributed by atoms with Gasteiger partial charge < -0.3 is 62.5 Å². The standard InChI is InChI=1S/C65H76F2N14O19S2/c1-38-25-40(41-7-11-48(39(2)26-41)75-76-50-13-9-45-52(101(94,95)96)28-53(102(97,98)99)61(69)60(45)62(50)91)6-10-47(38)74-64(93)51(5-3-4-15-71-54(82)32-77-17-19-78(33-57(85)86)21-23-80(35-59(89)90)24-22-79(20-18-77)34-58(87)88)73-55(83)36-100-43-8-12-49-46(27-43)44(14-16-70-49)63(92)72-31-56(84)81-37-65(66,67)29-42(81)30-68/h6-14,16,25-28,42,51,75-76,91H,3-5,15,17-24,29,31-37,69H2,1-2H3,(H,71,82)(H,72,92)(H,73,83)(H,74,93)(H,85,86)(H,87,88)(H,89,90)(H,94,95,96)(H,97,98,99)/t42-,51?/m0/s1. The first kappa shape index (κ1) is 77.3. The predicted octanol–water partition coefficient (Wildman–Crippen LogP) is 2.65. The Bertz CT molecular complexity index is 4460. The van der Waals surface area contributed by atoms with Crippen molar-refractivity contribution in [2.24, 2.45) is 0 Å². The number of nitrogens with one attached hydrogen (secondary N) is 6. The van der Waals surface area contributed by atoms with E-state index in [1.54, 1.807) is 69.8 Å². The van der Waals surface area contributed by atoms with Gasteiger partial charge in [0.2, 0.25) is 17.7 Å². The number of benzene rings is 5. The number of carboxylic acids is 3. The van der Waals surface area contributed by atoms with Crippen molar-refractivity contribution in [3.05, 3.63) is 102 Å². The van der Waals surface area contributed by atoms with E-state index in [4.69, 9.17) is 10.5 Å². The second-order valence-electron chi connectivity index (χ2n) is 24.4. The van der Waals surface area contributed by atoms with Gasteiger partial charge in [-0.3, -0.25) is 77.5 Å². The van der Waals surface area contributed by atoms with E-state index >= 15 is 0 Å². The van der Waals surface area contributed by atoms with Crippen LogP contribution in [0.25, 0.3) is 32.8 Å². The van der Waals surface area contributed by atoms with Crippen LogP contribution in [0.4, 0.5) is 31.5 Å². The van der Waals surface area contributed by atoms with Crippen LogP contribution in [0.5, 0.6) is 11.5 Å². The van der Waals surface area contributed by atoms with Crippen LogP contribution in [-0.2, 0) is 53.8 Å². The lowest BCUT2D eigenvalue weighted by Gasteiger charge is -2.32. The van der Waals surface area contributed by atoms with Crippen molar-refractivity contribution < 1.29 is 98.2 Å². The van der Waals surface area contributed by atoms with Gasteiger partial charge in [0.15, 0.2) is 6.61 Å².